The lowest BCUT2D eigenvalue weighted by atomic mass is 10.0. The second kappa shape index (κ2) is 4.71. The smallest absolute Gasteiger partial charge is 0.471 e. The van der Waals surface area contributed by atoms with Crippen LogP contribution >= 0.6 is 0 Å². The number of aliphatic carboxylic acids is 1. The van der Waals surface area contributed by atoms with Crippen molar-refractivity contribution in [3.8, 4) is 0 Å². The number of nitrogens with one attached hydrogen (secondary N) is 1. The number of amides is 1. The van der Waals surface area contributed by atoms with Crippen LogP contribution in [0.15, 0.2) is 0 Å². The van der Waals surface area contributed by atoms with Gasteiger partial charge in [-0.15, -0.1) is 0 Å². The summed E-state index contributed by atoms with van der Waals surface area (Å²) in [4.78, 5) is 21.0. The lowest BCUT2D eigenvalue weighted by molar-refractivity contribution is -0.174. The first-order valence-electron chi connectivity index (χ1n) is 4.88. The average molecular weight is 239 g/mol. The molecular weight excluding hydrogens is 227 g/mol. The summed E-state index contributed by atoms with van der Waals surface area (Å²) in [5, 5.41) is 10.4. The van der Waals surface area contributed by atoms with Gasteiger partial charge in [-0.05, 0) is 25.2 Å². The highest BCUT2D eigenvalue weighted by Gasteiger charge is 2.40. The molecule has 2 N–H and O–H groups in total. The maximum absolute atomic E-state index is 11.9. The molecule has 1 rings (SSSR count). The number of carboxylic acids is 1. The molecule has 0 aliphatic heterocycles. The van der Waals surface area contributed by atoms with Gasteiger partial charge in [-0.3, -0.25) is 9.59 Å². The molecule has 0 unspecified atom stereocenters. The minimum atomic E-state index is -4.87. The molecule has 0 spiro atoms. The zero-order chi connectivity index (χ0) is 12.3. The largest absolute Gasteiger partial charge is 0.481 e. The minimum Gasteiger partial charge on any atom is -0.481 e. The topological polar surface area (TPSA) is 66.4 Å². The molecule has 1 aliphatic rings. The zero-order valence-electron chi connectivity index (χ0n) is 8.38. The van der Waals surface area contributed by atoms with Crippen LogP contribution in [0, 0.1) is 5.92 Å². The highest BCUT2D eigenvalue weighted by Crippen LogP contribution is 2.29. The van der Waals surface area contributed by atoms with Crippen molar-refractivity contribution in [2.24, 2.45) is 5.92 Å². The van der Waals surface area contributed by atoms with E-state index in [1.54, 1.807) is 0 Å². The van der Waals surface area contributed by atoms with E-state index in [4.69, 9.17) is 5.11 Å². The Balaban J connectivity index is 2.37. The lowest BCUT2D eigenvalue weighted by Crippen LogP contribution is -2.42. The summed E-state index contributed by atoms with van der Waals surface area (Å²) < 4.78 is 35.7. The molecule has 1 saturated carbocycles. The number of hydrogen-bond acceptors (Lipinski definition) is 2. The van der Waals surface area contributed by atoms with Gasteiger partial charge in [0, 0.05) is 12.5 Å². The Bertz CT molecular complexity index is 290. The van der Waals surface area contributed by atoms with Gasteiger partial charge in [-0.2, -0.15) is 13.2 Å². The van der Waals surface area contributed by atoms with Crippen molar-refractivity contribution < 1.29 is 27.9 Å². The summed E-state index contributed by atoms with van der Waals surface area (Å²) in [6.45, 7) is 0. The Morgan fingerprint density at radius 1 is 1.31 bits per heavy atom. The van der Waals surface area contributed by atoms with E-state index in [0.717, 1.165) is 0 Å². The molecule has 1 fully saturated rings. The molecule has 4 nitrogen and oxygen atoms in total. The molecule has 0 aromatic carbocycles. The highest BCUT2D eigenvalue weighted by molar-refractivity contribution is 5.82. The molecule has 16 heavy (non-hydrogen) atoms. The van der Waals surface area contributed by atoms with Crippen molar-refractivity contribution in [2.45, 2.75) is 37.9 Å². The molecule has 92 valence electrons. The van der Waals surface area contributed by atoms with Crippen LogP contribution in [0.25, 0.3) is 0 Å². The number of carbonyl (C=O) groups is 2. The molecule has 1 aliphatic carbocycles. The number of halogens is 3. The van der Waals surface area contributed by atoms with E-state index < -0.39 is 24.1 Å². The quantitative estimate of drug-likeness (QED) is 0.780. The van der Waals surface area contributed by atoms with E-state index in [1.807, 2.05) is 5.32 Å². The van der Waals surface area contributed by atoms with Gasteiger partial charge in [0.2, 0.25) is 0 Å². The Hall–Kier alpha value is -1.27. The number of rotatable bonds is 3. The Labute approximate surface area is 89.8 Å². The Morgan fingerprint density at radius 3 is 2.44 bits per heavy atom. The van der Waals surface area contributed by atoms with Crippen molar-refractivity contribution in [2.75, 3.05) is 0 Å². The molecule has 0 heterocycles. The van der Waals surface area contributed by atoms with E-state index in [1.165, 1.54) is 0 Å². The third-order valence-electron chi connectivity index (χ3n) is 2.60. The summed E-state index contributed by atoms with van der Waals surface area (Å²) in [5.74, 6) is -3.06. The maximum Gasteiger partial charge on any atom is 0.471 e. The Kier molecular flexibility index (Phi) is 3.77. The predicted octanol–water partition coefficient (Wildman–Crippen LogP) is 1.31. The van der Waals surface area contributed by atoms with Crippen molar-refractivity contribution in [3.05, 3.63) is 0 Å². The van der Waals surface area contributed by atoms with Crippen LogP contribution in [0.3, 0.4) is 0 Å². The summed E-state index contributed by atoms with van der Waals surface area (Å²) in [5.41, 5.74) is 0. The third kappa shape index (κ3) is 3.71. The van der Waals surface area contributed by atoms with Crippen LogP contribution in [0.1, 0.15) is 25.7 Å². The Morgan fingerprint density at radius 2 is 1.94 bits per heavy atom. The molecule has 0 aromatic rings. The predicted molar refractivity (Wildman–Crippen MR) is 47.6 cm³/mol. The first-order chi connectivity index (χ1) is 7.29. The fraction of sp³-hybridized carbons (Fsp3) is 0.778. The third-order valence-corrected chi connectivity index (χ3v) is 2.60. The van der Waals surface area contributed by atoms with Gasteiger partial charge in [0.05, 0.1) is 0 Å². The molecule has 7 heteroatoms. The molecule has 0 radical (unpaired) electrons. The summed E-state index contributed by atoms with van der Waals surface area (Å²) in [6, 6.07) is -0.557. The SMILES string of the molecule is O=C(O)C[C@@H]1CC[C@H](NC(=O)C(F)(F)F)C1. The first kappa shape index (κ1) is 12.8. The summed E-state index contributed by atoms with van der Waals surface area (Å²) in [6.07, 6.45) is -3.69. The molecule has 1 amide bonds. The maximum atomic E-state index is 11.9. The molecule has 0 bridgehead atoms. The van der Waals surface area contributed by atoms with Crippen molar-refractivity contribution >= 4 is 11.9 Å². The first-order valence-corrected chi connectivity index (χ1v) is 4.88. The van der Waals surface area contributed by atoms with Gasteiger partial charge in [-0.1, -0.05) is 0 Å². The van der Waals surface area contributed by atoms with Gasteiger partial charge >= 0.3 is 18.1 Å². The van der Waals surface area contributed by atoms with Crippen LogP contribution in [-0.2, 0) is 9.59 Å². The summed E-state index contributed by atoms with van der Waals surface area (Å²) >= 11 is 0. The number of carboxylic acid groups (broad SMARTS) is 1. The molecule has 0 saturated heterocycles. The second-order valence-corrected chi connectivity index (χ2v) is 3.95. The van der Waals surface area contributed by atoms with Crippen LogP contribution < -0.4 is 5.32 Å². The molecular formula is C9H12F3NO3. The van der Waals surface area contributed by atoms with E-state index in [9.17, 15) is 22.8 Å². The van der Waals surface area contributed by atoms with Crippen molar-refractivity contribution in [3.63, 3.8) is 0 Å². The van der Waals surface area contributed by atoms with E-state index in [2.05, 4.69) is 0 Å². The zero-order valence-corrected chi connectivity index (χ0v) is 8.38. The van der Waals surface area contributed by atoms with Crippen LogP contribution in [-0.4, -0.2) is 29.2 Å². The second-order valence-electron chi connectivity index (χ2n) is 3.95. The summed E-state index contributed by atoms with van der Waals surface area (Å²) in [7, 11) is 0. The number of hydrogen-bond donors (Lipinski definition) is 2. The van der Waals surface area contributed by atoms with Gasteiger partial charge in [0.25, 0.3) is 0 Å². The standard InChI is InChI=1S/C9H12F3NO3/c10-9(11,12)8(16)13-6-2-1-5(3-6)4-7(14)15/h5-6H,1-4H2,(H,13,16)(H,14,15)/t5-,6+/m1/s1. The fourth-order valence-electron chi connectivity index (χ4n) is 1.91. The lowest BCUT2D eigenvalue weighted by Gasteiger charge is -2.14. The van der Waals surface area contributed by atoms with Gasteiger partial charge in [-0.25, -0.2) is 0 Å². The minimum absolute atomic E-state index is 0.0572. The van der Waals surface area contributed by atoms with Crippen LogP contribution in [0.4, 0.5) is 13.2 Å². The van der Waals surface area contributed by atoms with E-state index >= 15 is 0 Å². The molecule has 0 aromatic heterocycles. The van der Waals surface area contributed by atoms with Crippen molar-refractivity contribution in [1.29, 1.82) is 0 Å². The molecule has 2 atom stereocenters. The van der Waals surface area contributed by atoms with Crippen LogP contribution in [0.2, 0.25) is 0 Å². The monoisotopic (exact) mass is 239 g/mol. The van der Waals surface area contributed by atoms with Gasteiger partial charge < -0.3 is 10.4 Å². The van der Waals surface area contributed by atoms with Crippen molar-refractivity contribution in [1.82, 2.24) is 5.32 Å². The fourth-order valence-corrected chi connectivity index (χ4v) is 1.91. The average Bonchev–Trinajstić information content (AvgIpc) is 2.49. The van der Waals surface area contributed by atoms with Crippen LogP contribution in [0.5, 0.6) is 0 Å². The normalized spacial score (nSPS) is 25.4. The van der Waals surface area contributed by atoms with E-state index in [-0.39, 0.29) is 12.3 Å². The number of alkyl halides is 3. The van der Waals surface area contributed by atoms with Gasteiger partial charge in [0.1, 0.15) is 0 Å². The highest BCUT2D eigenvalue weighted by atomic mass is 19.4. The van der Waals surface area contributed by atoms with Gasteiger partial charge in [0.15, 0.2) is 0 Å². The van der Waals surface area contributed by atoms with E-state index in [0.29, 0.717) is 19.3 Å². The number of carbonyl (C=O) groups excluding carboxylic acids is 1.